The van der Waals surface area contributed by atoms with Crippen molar-refractivity contribution in [3.05, 3.63) is 59.7 Å². The molecule has 2 amide bonds. The minimum atomic E-state index is -3.32. The fourth-order valence-electron chi connectivity index (χ4n) is 2.23. The lowest BCUT2D eigenvalue weighted by Crippen LogP contribution is -2.28. The van der Waals surface area contributed by atoms with Crippen molar-refractivity contribution < 1.29 is 18.0 Å². The van der Waals surface area contributed by atoms with Gasteiger partial charge in [0.1, 0.15) is 0 Å². The first-order chi connectivity index (χ1) is 12.2. The van der Waals surface area contributed by atoms with Crippen LogP contribution in [-0.4, -0.2) is 33.0 Å². The molecule has 6 nitrogen and oxygen atoms in total. The maximum Gasteiger partial charge on any atom is 0.255 e. The van der Waals surface area contributed by atoms with E-state index in [-0.39, 0.29) is 10.8 Å². The van der Waals surface area contributed by atoms with Crippen LogP contribution in [0.15, 0.2) is 53.4 Å². The lowest BCUT2D eigenvalue weighted by Gasteiger charge is -2.12. The summed E-state index contributed by atoms with van der Waals surface area (Å²) in [5, 5.41) is 5.52. The molecule has 0 saturated heterocycles. The molecule has 0 aliphatic heterocycles. The van der Waals surface area contributed by atoms with Gasteiger partial charge in [0, 0.05) is 18.4 Å². The Hall–Kier alpha value is -2.67. The van der Waals surface area contributed by atoms with Crippen LogP contribution in [0.1, 0.15) is 34.6 Å². The van der Waals surface area contributed by atoms with Gasteiger partial charge in [0.25, 0.3) is 11.8 Å². The Morgan fingerprint density at radius 2 is 1.58 bits per heavy atom. The molecule has 0 heterocycles. The summed E-state index contributed by atoms with van der Waals surface area (Å²) in [5.74, 6) is -0.370. The summed E-state index contributed by atoms with van der Waals surface area (Å²) in [4.78, 5) is 24.9. The maximum atomic E-state index is 12.4. The topological polar surface area (TPSA) is 92.3 Å². The van der Waals surface area contributed by atoms with Gasteiger partial charge in [0.15, 0.2) is 9.84 Å². The van der Waals surface area contributed by atoms with E-state index in [9.17, 15) is 18.0 Å². The second kappa shape index (κ2) is 8.14. The lowest BCUT2D eigenvalue weighted by molar-refractivity contribution is 0.0950. The predicted molar refractivity (Wildman–Crippen MR) is 101 cm³/mol. The molecule has 0 aliphatic rings. The summed E-state index contributed by atoms with van der Waals surface area (Å²) in [6, 6.07) is 12.4. The Bertz CT molecular complexity index is 903. The largest absolute Gasteiger partial charge is 0.352 e. The molecule has 0 unspecified atom stereocenters. The molecule has 0 bridgehead atoms. The number of carbonyl (C=O) groups is 2. The summed E-state index contributed by atoms with van der Waals surface area (Å²) >= 11 is 0. The third-order valence-electron chi connectivity index (χ3n) is 3.64. The van der Waals surface area contributed by atoms with Crippen molar-refractivity contribution in [1.29, 1.82) is 0 Å². The first-order valence-corrected chi connectivity index (χ1v) is 10.1. The zero-order valence-electron chi connectivity index (χ0n) is 14.9. The van der Waals surface area contributed by atoms with E-state index in [2.05, 4.69) is 10.6 Å². The van der Waals surface area contributed by atoms with E-state index < -0.39 is 15.7 Å². The normalized spacial score (nSPS) is 11.2. The van der Waals surface area contributed by atoms with Crippen LogP contribution in [-0.2, 0) is 9.84 Å². The van der Waals surface area contributed by atoms with Crippen molar-refractivity contribution in [3.8, 4) is 0 Å². The molecule has 0 atom stereocenters. The number of carbonyl (C=O) groups excluding carboxylic acids is 2. The Labute approximate surface area is 153 Å². The fourth-order valence-corrected chi connectivity index (χ4v) is 2.86. The second-order valence-electron chi connectivity index (χ2n) is 6.40. The van der Waals surface area contributed by atoms with Crippen LogP contribution < -0.4 is 10.6 Å². The van der Waals surface area contributed by atoms with Gasteiger partial charge in [-0.1, -0.05) is 26.0 Å². The third kappa shape index (κ3) is 5.16. The van der Waals surface area contributed by atoms with Crippen molar-refractivity contribution >= 4 is 27.3 Å². The number of amides is 2. The molecule has 0 aromatic heterocycles. The van der Waals surface area contributed by atoms with Crippen molar-refractivity contribution in [2.75, 3.05) is 18.1 Å². The van der Waals surface area contributed by atoms with E-state index in [0.29, 0.717) is 29.3 Å². The molecule has 0 fully saturated rings. The molecular weight excluding hydrogens is 352 g/mol. The number of hydrogen-bond acceptors (Lipinski definition) is 4. The van der Waals surface area contributed by atoms with Crippen LogP contribution in [0, 0.1) is 5.92 Å². The summed E-state index contributed by atoms with van der Waals surface area (Å²) < 4.78 is 23.0. The SMILES string of the molecule is CC(C)CNC(=O)c1ccccc1NC(=O)c1ccc(S(C)(=O)=O)cc1. The summed E-state index contributed by atoms with van der Waals surface area (Å²) in [6.07, 6.45) is 1.11. The molecule has 0 radical (unpaired) electrons. The van der Waals surface area contributed by atoms with Gasteiger partial charge in [-0.15, -0.1) is 0 Å². The highest BCUT2D eigenvalue weighted by molar-refractivity contribution is 7.90. The molecule has 2 aromatic rings. The standard InChI is InChI=1S/C19H22N2O4S/c1-13(2)12-20-19(23)16-6-4-5-7-17(16)21-18(22)14-8-10-15(11-9-14)26(3,24)25/h4-11,13H,12H2,1-3H3,(H,20,23)(H,21,22). The second-order valence-corrected chi connectivity index (χ2v) is 8.42. The number of benzene rings is 2. The molecule has 7 heteroatoms. The molecule has 0 saturated carbocycles. The van der Waals surface area contributed by atoms with Gasteiger partial charge in [-0.3, -0.25) is 9.59 Å². The molecule has 26 heavy (non-hydrogen) atoms. The van der Waals surface area contributed by atoms with Crippen LogP contribution in [0.3, 0.4) is 0 Å². The molecule has 2 aromatic carbocycles. The predicted octanol–water partition coefficient (Wildman–Crippen LogP) is 2.73. The van der Waals surface area contributed by atoms with Crippen LogP contribution in [0.4, 0.5) is 5.69 Å². The van der Waals surface area contributed by atoms with Gasteiger partial charge < -0.3 is 10.6 Å². The van der Waals surface area contributed by atoms with E-state index in [1.165, 1.54) is 24.3 Å². The minimum Gasteiger partial charge on any atom is -0.352 e. The van der Waals surface area contributed by atoms with Gasteiger partial charge >= 0.3 is 0 Å². The number of anilines is 1. The quantitative estimate of drug-likeness (QED) is 0.813. The third-order valence-corrected chi connectivity index (χ3v) is 4.76. The van der Waals surface area contributed by atoms with Gasteiger partial charge in [-0.25, -0.2) is 8.42 Å². The smallest absolute Gasteiger partial charge is 0.255 e. The number of sulfone groups is 1. The van der Waals surface area contributed by atoms with Gasteiger partial charge in [-0.2, -0.15) is 0 Å². The monoisotopic (exact) mass is 374 g/mol. The van der Waals surface area contributed by atoms with E-state index in [1.54, 1.807) is 24.3 Å². The Morgan fingerprint density at radius 3 is 2.15 bits per heavy atom. The van der Waals surface area contributed by atoms with Gasteiger partial charge in [0.05, 0.1) is 16.1 Å². The van der Waals surface area contributed by atoms with Crippen LogP contribution in [0.2, 0.25) is 0 Å². The zero-order valence-corrected chi connectivity index (χ0v) is 15.8. The summed E-state index contributed by atoms with van der Waals surface area (Å²) in [7, 11) is -3.32. The van der Waals surface area contributed by atoms with Crippen LogP contribution in [0.25, 0.3) is 0 Å². The highest BCUT2D eigenvalue weighted by atomic mass is 32.2. The average Bonchev–Trinajstić information content (AvgIpc) is 2.59. The Kier molecular flexibility index (Phi) is 6.15. The first-order valence-electron chi connectivity index (χ1n) is 8.17. The van der Waals surface area contributed by atoms with E-state index in [4.69, 9.17) is 0 Å². The molecule has 0 spiro atoms. The van der Waals surface area contributed by atoms with Gasteiger partial charge in [-0.05, 0) is 42.3 Å². The summed E-state index contributed by atoms with van der Waals surface area (Å²) in [6.45, 7) is 4.52. The highest BCUT2D eigenvalue weighted by Gasteiger charge is 2.15. The highest BCUT2D eigenvalue weighted by Crippen LogP contribution is 2.17. The maximum absolute atomic E-state index is 12.4. The number of para-hydroxylation sites is 1. The van der Waals surface area contributed by atoms with E-state index >= 15 is 0 Å². The molecule has 2 N–H and O–H groups in total. The van der Waals surface area contributed by atoms with Crippen LogP contribution in [0.5, 0.6) is 0 Å². The average molecular weight is 374 g/mol. The zero-order chi connectivity index (χ0) is 19.3. The molecular formula is C19H22N2O4S. The molecule has 0 aliphatic carbocycles. The summed E-state index contributed by atoms with van der Waals surface area (Å²) in [5.41, 5.74) is 1.06. The minimum absolute atomic E-state index is 0.141. The van der Waals surface area contributed by atoms with E-state index in [1.807, 2.05) is 13.8 Å². The van der Waals surface area contributed by atoms with Crippen molar-refractivity contribution in [3.63, 3.8) is 0 Å². The van der Waals surface area contributed by atoms with Crippen LogP contribution >= 0.6 is 0 Å². The molecule has 138 valence electrons. The Morgan fingerprint density at radius 1 is 0.962 bits per heavy atom. The number of nitrogens with one attached hydrogen (secondary N) is 2. The lowest BCUT2D eigenvalue weighted by atomic mass is 10.1. The number of hydrogen-bond donors (Lipinski definition) is 2. The van der Waals surface area contributed by atoms with Crippen molar-refractivity contribution in [1.82, 2.24) is 5.32 Å². The fraction of sp³-hybridized carbons (Fsp3) is 0.263. The van der Waals surface area contributed by atoms with Crippen molar-refractivity contribution in [2.45, 2.75) is 18.7 Å². The molecule has 2 rings (SSSR count). The van der Waals surface area contributed by atoms with Gasteiger partial charge in [0.2, 0.25) is 0 Å². The van der Waals surface area contributed by atoms with Crippen molar-refractivity contribution in [2.24, 2.45) is 5.92 Å². The number of rotatable bonds is 6. The first kappa shape index (κ1) is 19.7. The Balaban J connectivity index is 2.18. The van der Waals surface area contributed by atoms with E-state index in [0.717, 1.165) is 6.26 Å².